The summed E-state index contributed by atoms with van der Waals surface area (Å²) in [6.07, 6.45) is 49.0. The normalized spacial score (nSPS) is 19.6. The van der Waals surface area contributed by atoms with Gasteiger partial charge in [0, 0.05) is 6.42 Å². The van der Waals surface area contributed by atoms with Crippen LogP contribution in [0.25, 0.3) is 0 Å². The van der Waals surface area contributed by atoms with Crippen LogP contribution in [0.15, 0.2) is 36.5 Å². The molecular formula is C62H115NO10. The number of unbranched alkanes of at least 4 members (excludes halogenated alkanes) is 34. The van der Waals surface area contributed by atoms with Gasteiger partial charge in [0.1, 0.15) is 24.4 Å². The number of esters is 1. The lowest BCUT2D eigenvalue weighted by Crippen LogP contribution is -2.61. The molecule has 6 N–H and O–H groups in total. The Hall–Kier alpha value is -2.12. The third-order valence-corrected chi connectivity index (χ3v) is 14.5. The molecule has 73 heavy (non-hydrogen) atoms. The highest BCUT2D eigenvalue weighted by Gasteiger charge is 2.47. The van der Waals surface area contributed by atoms with Crippen molar-refractivity contribution < 1.29 is 49.3 Å². The van der Waals surface area contributed by atoms with Crippen molar-refractivity contribution in [3.63, 3.8) is 0 Å². The smallest absolute Gasteiger partial charge is 0.306 e. The molecule has 0 aliphatic carbocycles. The van der Waals surface area contributed by atoms with E-state index in [9.17, 15) is 35.1 Å². The van der Waals surface area contributed by atoms with Gasteiger partial charge in [0.2, 0.25) is 5.91 Å². The summed E-state index contributed by atoms with van der Waals surface area (Å²) in [5.41, 5.74) is 0. The first-order valence-electron chi connectivity index (χ1n) is 30.8. The fourth-order valence-electron chi connectivity index (χ4n) is 9.62. The monoisotopic (exact) mass is 1030 g/mol. The molecule has 11 heteroatoms. The Bertz CT molecular complexity index is 1330. The van der Waals surface area contributed by atoms with Crippen molar-refractivity contribution in [1.82, 2.24) is 5.32 Å². The molecule has 0 aromatic rings. The average molecular weight is 1030 g/mol. The first-order chi connectivity index (χ1) is 35.7. The molecule has 1 aliphatic heterocycles. The van der Waals surface area contributed by atoms with Crippen molar-refractivity contribution in [1.29, 1.82) is 0 Å². The molecule has 0 spiro atoms. The van der Waals surface area contributed by atoms with Crippen molar-refractivity contribution in [2.45, 2.75) is 333 Å². The summed E-state index contributed by atoms with van der Waals surface area (Å²) in [7, 11) is 0. The van der Waals surface area contributed by atoms with Crippen molar-refractivity contribution in [3.8, 4) is 0 Å². The highest BCUT2D eigenvalue weighted by atomic mass is 16.7. The van der Waals surface area contributed by atoms with E-state index in [0.717, 1.165) is 70.6 Å². The molecule has 1 amide bonds. The summed E-state index contributed by atoms with van der Waals surface area (Å²) in [6.45, 7) is 5.76. The van der Waals surface area contributed by atoms with Gasteiger partial charge < -0.3 is 45.1 Å². The van der Waals surface area contributed by atoms with Crippen molar-refractivity contribution in [3.05, 3.63) is 36.5 Å². The van der Waals surface area contributed by atoms with E-state index < -0.39 is 67.4 Å². The maximum atomic E-state index is 13.4. The van der Waals surface area contributed by atoms with Gasteiger partial charge in [0.15, 0.2) is 12.4 Å². The molecular weight excluding hydrogens is 919 g/mol. The number of aliphatic hydroxyl groups is 5. The first-order valence-corrected chi connectivity index (χ1v) is 30.8. The molecule has 1 rings (SSSR count). The van der Waals surface area contributed by atoms with E-state index in [2.05, 4.69) is 50.4 Å². The number of ether oxygens (including phenoxy) is 3. The summed E-state index contributed by atoms with van der Waals surface area (Å²) < 4.78 is 17.6. The van der Waals surface area contributed by atoms with Gasteiger partial charge in [0.25, 0.3) is 0 Å². The van der Waals surface area contributed by atoms with Crippen LogP contribution < -0.4 is 5.32 Å². The molecule has 1 saturated heterocycles. The molecule has 1 fully saturated rings. The molecule has 1 aliphatic rings. The van der Waals surface area contributed by atoms with Gasteiger partial charge in [-0.3, -0.25) is 9.59 Å². The van der Waals surface area contributed by atoms with E-state index in [-0.39, 0.29) is 13.0 Å². The second kappa shape index (κ2) is 50.7. The van der Waals surface area contributed by atoms with Crippen molar-refractivity contribution >= 4 is 11.9 Å². The minimum absolute atomic E-state index is 0.128. The van der Waals surface area contributed by atoms with Crippen LogP contribution in [-0.2, 0) is 23.8 Å². The molecule has 428 valence electrons. The number of amides is 1. The SMILES string of the molecule is CCCCC/C=C\C/C=C\CCCCCCCCCCCCC(O)C(=O)NC(COC1OC(CO)C(O)C(O)C1OC(=O)CCCCCCCCCCCCCCC)C(O)/C=C/CCCCCCCCCCC. The van der Waals surface area contributed by atoms with Crippen molar-refractivity contribution in [2.24, 2.45) is 0 Å². The van der Waals surface area contributed by atoms with E-state index in [4.69, 9.17) is 14.2 Å². The maximum Gasteiger partial charge on any atom is 0.306 e. The van der Waals surface area contributed by atoms with Crippen LogP contribution in [0.3, 0.4) is 0 Å². The first kappa shape index (κ1) is 68.9. The van der Waals surface area contributed by atoms with Gasteiger partial charge in [-0.1, -0.05) is 256 Å². The van der Waals surface area contributed by atoms with E-state index >= 15 is 0 Å². The molecule has 8 unspecified atom stereocenters. The number of nitrogens with one attached hydrogen (secondary N) is 1. The Morgan fingerprint density at radius 3 is 1.42 bits per heavy atom. The van der Waals surface area contributed by atoms with Gasteiger partial charge in [-0.25, -0.2) is 0 Å². The summed E-state index contributed by atoms with van der Waals surface area (Å²) in [4.78, 5) is 26.5. The van der Waals surface area contributed by atoms with Crippen molar-refractivity contribution in [2.75, 3.05) is 13.2 Å². The molecule has 1 heterocycles. The molecule has 0 aromatic carbocycles. The summed E-state index contributed by atoms with van der Waals surface area (Å²) in [5, 5.41) is 56.9. The van der Waals surface area contributed by atoms with Crippen LogP contribution in [0.1, 0.15) is 284 Å². The van der Waals surface area contributed by atoms with Crippen LogP contribution in [0, 0.1) is 0 Å². The number of aliphatic hydroxyl groups excluding tert-OH is 5. The third-order valence-electron chi connectivity index (χ3n) is 14.5. The number of carbonyl (C=O) groups is 2. The Morgan fingerprint density at radius 2 is 0.945 bits per heavy atom. The average Bonchev–Trinajstić information content (AvgIpc) is 3.39. The molecule has 0 bridgehead atoms. The zero-order chi connectivity index (χ0) is 53.3. The zero-order valence-corrected chi connectivity index (χ0v) is 47.3. The van der Waals surface area contributed by atoms with E-state index in [1.807, 2.05) is 6.08 Å². The minimum atomic E-state index is -1.61. The molecule has 11 nitrogen and oxygen atoms in total. The number of allylic oxidation sites excluding steroid dienone is 5. The van der Waals surface area contributed by atoms with Gasteiger partial charge >= 0.3 is 5.97 Å². The Labute approximate surface area is 447 Å². The van der Waals surface area contributed by atoms with Crippen LogP contribution >= 0.6 is 0 Å². The van der Waals surface area contributed by atoms with E-state index in [1.54, 1.807) is 6.08 Å². The number of hydrogen-bond acceptors (Lipinski definition) is 10. The predicted molar refractivity (Wildman–Crippen MR) is 301 cm³/mol. The number of carbonyl (C=O) groups excluding carboxylic acids is 2. The molecule has 0 saturated carbocycles. The van der Waals surface area contributed by atoms with Gasteiger partial charge in [-0.05, 0) is 57.8 Å². The zero-order valence-electron chi connectivity index (χ0n) is 47.3. The van der Waals surface area contributed by atoms with Crippen LogP contribution in [-0.4, -0.2) is 99.6 Å². The Morgan fingerprint density at radius 1 is 0.534 bits per heavy atom. The fourth-order valence-corrected chi connectivity index (χ4v) is 9.62. The highest BCUT2D eigenvalue weighted by molar-refractivity contribution is 5.80. The second-order valence-electron chi connectivity index (χ2n) is 21.4. The highest BCUT2D eigenvalue weighted by Crippen LogP contribution is 2.26. The predicted octanol–water partition coefficient (Wildman–Crippen LogP) is 14.3. The maximum absolute atomic E-state index is 13.4. The van der Waals surface area contributed by atoms with Crippen LogP contribution in [0.5, 0.6) is 0 Å². The topological polar surface area (TPSA) is 175 Å². The third kappa shape index (κ3) is 39.0. The van der Waals surface area contributed by atoms with Gasteiger partial charge in [-0.15, -0.1) is 0 Å². The second-order valence-corrected chi connectivity index (χ2v) is 21.4. The number of hydrogen-bond donors (Lipinski definition) is 6. The quantitative estimate of drug-likeness (QED) is 0.0195. The Kier molecular flexibility index (Phi) is 47.8. The van der Waals surface area contributed by atoms with Crippen LogP contribution in [0.2, 0.25) is 0 Å². The largest absolute Gasteiger partial charge is 0.454 e. The summed E-state index contributed by atoms with van der Waals surface area (Å²) in [6, 6.07) is -1.02. The van der Waals surface area contributed by atoms with Gasteiger partial charge in [0.05, 0.1) is 25.4 Å². The Balaban J connectivity index is 2.65. The van der Waals surface area contributed by atoms with Gasteiger partial charge in [-0.2, -0.15) is 0 Å². The minimum Gasteiger partial charge on any atom is -0.454 e. The molecule has 0 radical (unpaired) electrons. The molecule has 0 aromatic heterocycles. The molecule has 8 atom stereocenters. The fraction of sp³-hybridized carbons (Fsp3) is 0.871. The summed E-state index contributed by atoms with van der Waals surface area (Å²) >= 11 is 0. The van der Waals surface area contributed by atoms with E-state index in [0.29, 0.717) is 19.3 Å². The standard InChI is InChI=1S/C62H115NO10/c1-4-7-10-13-16-19-22-24-25-26-27-28-29-30-32-34-37-40-43-46-49-55(66)61(70)63-53(54(65)48-45-42-39-36-33-21-18-15-12-9-6-3)52-71-62-60(59(69)58(68)56(51-64)72-62)73-57(67)50-47-44-41-38-35-31-23-20-17-14-11-8-5-2/h16,19,24-25,45,48,53-56,58-60,62,64-66,68-69H,4-15,17-18,20-23,26-44,46-47,49-52H2,1-3H3,(H,63,70)/b19-16-,25-24-,48-45+. The lowest BCUT2D eigenvalue weighted by atomic mass is 9.99. The number of rotatable bonds is 52. The van der Waals surface area contributed by atoms with E-state index in [1.165, 1.54) is 167 Å². The summed E-state index contributed by atoms with van der Waals surface area (Å²) in [5.74, 6) is -1.19. The van der Waals surface area contributed by atoms with Crippen LogP contribution in [0.4, 0.5) is 0 Å². The lowest BCUT2D eigenvalue weighted by Gasteiger charge is -2.41. The lowest BCUT2D eigenvalue weighted by molar-refractivity contribution is -0.305.